The zero-order valence-corrected chi connectivity index (χ0v) is 20.7. The number of carbonyl (C=O) groups excluding carboxylic acids is 1. The molecule has 4 nitrogen and oxygen atoms in total. The third kappa shape index (κ3) is 5.92. The average molecular weight is 479 g/mol. The van der Waals surface area contributed by atoms with E-state index in [9.17, 15) is 13.6 Å². The molecular weight excluding hydrogens is 438 g/mol. The smallest absolute Gasteiger partial charge is 0.309 e. The second kappa shape index (κ2) is 11.8. The van der Waals surface area contributed by atoms with Crippen LogP contribution in [0.5, 0.6) is 5.75 Å². The maximum atomic E-state index is 14.5. The van der Waals surface area contributed by atoms with Crippen molar-refractivity contribution in [3.05, 3.63) is 29.3 Å². The van der Waals surface area contributed by atoms with Crippen LogP contribution in [0.2, 0.25) is 0 Å². The molecule has 0 aromatic heterocycles. The topological polar surface area (TPSA) is 44.8 Å². The summed E-state index contributed by atoms with van der Waals surface area (Å²) in [6.07, 6.45) is 12.3. The van der Waals surface area contributed by atoms with Crippen LogP contribution in [-0.2, 0) is 14.3 Å². The van der Waals surface area contributed by atoms with Crippen LogP contribution in [0.15, 0.2) is 12.1 Å². The fraction of sp³-hybridized carbons (Fsp3) is 0.750. The Bertz CT molecular complexity index is 805. The molecule has 34 heavy (non-hydrogen) atoms. The molecule has 1 aliphatic heterocycles. The highest BCUT2D eigenvalue weighted by Gasteiger charge is 2.35. The largest absolute Gasteiger partial charge is 0.494 e. The van der Waals surface area contributed by atoms with E-state index in [0.717, 1.165) is 70.1 Å². The van der Waals surface area contributed by atoms with Gasteiger partial charge in [0.25, 0.3) is 0 Å². The monoisotopic (exact) mass is 478 g/mol. The van der Waals surface area contributed by atoms with Gasteiger partial charge >= 0.3 is 5.97 Å². The summed E-state index contributed by atoms with van der Waals surface area (Å²) in [4.78, 5) is 12.7. The number of methoxy groups -OCH3 is 1. The number of ether oxygens (including phenoxy) is 3. The van der Waals surface area contributed by atoms with Crippen LogP contribution in [0.1, 0.15) is 95.5 Å². The second-order valence-corrected chi connectivity index (χ2v) is 10.6. The summed E-state index contributed by atoms with van der Waals surface area (Å²) < 4.78 is 45.5. The summed E-state index contributed by atoms with van der Waals surface area (Å²) in [6.45, 7) is 2.64. The van der Waals surface area contributed by atoms with Gasteiger partial charge in [-0.3, -0.25) is 4.79 Å². The third-order valence-corrected chi connectivity index (χ3v) is 8.45. The number of hydrogen-bond donors (Lipinski definition) is 0. The number of halogens is 2. The first-order valence-corrected chi connectivity index (χ1v) is 13.3. The van der Waals surface area contributed by atoms with E-state index in [2.05, 4.69) is 6.92 Å². The van der Waals surface area contributed by atoms with E-state index >= 15 is 0 Å². The van der Waals surface area contributed by atoms with Crippen molar-refractivity contribution in [1.29, 1.82) is 0 Å². The van der Waals surface area contributed by atoms with Crippen LogP contribution in [0, 0.1) is 29.4 Å². The number of rotatable bonds is 7. The highest BCUT2D eigenvalue weighted by Crippen LogP contribution is 2.39. The molecule has 2 aliphatic carbocycles. The second-order valence-electron chi connectivity index (χ2n) is 10.6. The van der Waals surface area contributed by atoms with Gasteiger partial charge < -0.3 is 14.2 Å². The number of carbonyl (C=O) groups is 1. The van der Waals surface area contributed by atoms with E-state index in [0.29, 0.717) is 18.1 Å². The lowest BCUT2D eigenvalue weighted by Crippen LogP contribution is -2.36. The van der Waals surface area contributed by atoms with Gasteiger partial charge in [-0.1, -0.05) is 25.8 Å². The van der Waals surface area contributed by atoms with Crippen LogP contribution in [0.3, 0.4) is 0 Å². The molecule has 3 fully saturated rings. The van der Waals surface area contributed by atoms with E-state index in [4.69, 9.17) is 14.2 Å². The Kier molecular flexibility index (Phi) is 8.84. The van der Waals surface area contributed by atoms with Gasteiger partial charge in [-0.25, -0.2) is 4.39 Å². The Morgan fingerprint density at radius 3 is 2.32 bits per heavy atom. The molecule has 1 aromatic carbocycles. The van der Waals surface area contributed by atoms with Gasteiger partial charge in [-0.2, -0.15) is 4.39 Å². The number of benzene rings is 1. The van der Waals surface area contributed by atoms with E-state index in [-0.39, 0.29) is 35.8 Å². The molecule has 0 radical (unpaired) electrons. The predicted molar refractivity (Wildman–Crippen MR) is 127 cm³/mol. The zero-order chi connectivity index (χ0) is 24.1. The molecule has 0 bridgehead atoms. The van der Waals surface area contributed by atoms with E-state index in [1.165, 1.54) is 26.0 Å². The predicted octanol–water partition coefficient (Wildman–Crippen LogP) is 6.94. The molecule has 2 atom stereocenters. The van der Waals surface area contributed by atoms with Crippen molar-refractivity contribution < 1.29 is 27.8 Å². The first-order chi connectivity index (χ1) is 16.5. The minimum Gasteiger partial charge on any atom is -0.494 e. The zero-order valence-electron chi connectivity index (χ0n) is 20.7. The third-order valence-electron chi connectivity index (χ3n) is 8.45. The molecular formula is C28H40F2O4. The fourth-order valence-electron chi connectivity index (χ4n) is 6.34. The van der Waals surface area contributed by atoms with Crippen molar-refractivity contribution in [1.82, 2.24) is 0 Å². The average Bonchev–Trinajstić information content (AvgIpc) is 2.87. The van der Waals surface area contributed by atoms with E-state index < -0.39 is 11.6 Å². The molecule has 2 unspecified atom stereocenters. The summed E-state index contributed by atoms with van der Waals surface area (Å²) in [6, 6.07) is 3.10. The molecule has 2 saturated carbocycles. The fourth-order valence-corrected chi connectivity index (χ4v) is 6.34. The lowest BCUT2D eigenvalue weighted by atomic mass is 9.79. The summed E-state index contributed by atoms with van der Waals surface area (Å²) in [5.74, 6) is -0.621. The van der Waals surface area contributed by atoms with Gasteiger partial charge in [0.05, 0.1) is 25.7 Å². The van der Waals surface area contributed by atoms with Crippen LogP contribution in [-0.4, -0.2) is 31.9 Å². The Hall–Kier alpha value is -1.69. The van der Waals surface area contributed by atoms with Gasteiger partial charge in [0.15, 0.2) is 11.6 Å². The summed E-state index contributed by atoms with van der Waals surface area (Å²) in [5.41, 5.74) is 0.371. The lowest BCUT2D eigenvalue weighted by Gasteiger charge is -2.38. The molecule has 6 heteroatoms. The van der Waals surface area contributed by atoms with Crippen LogP contribution >= 0.6 is 0 Å². The summed E-state index contributed by atoms with van der Waals surface area (Å²) in [5, 5.41) is 0. The molecule has 3 aliphatic rings. The van der Waals surface area contributed by atoms with Gasteiger partial charge in [-0.15, -0.1) is 0 Å². The first-order valence-electron chi connectivity index (χ1n) is 13.3. The molecule has 1 aromatic rings. The minimum atomic E-state index is -0.927. The molecule has 0 N–H and O–H groups in total. The number of esters is 1. The molecule has 4 rings (SSSR count). The van der Waals surface area contributed by atoms with Crippen LogP contribution in [0.4, 0.5) is 8.78 Å². The van der Waals surface area contributed by atoms with Crippen molar-refractivity contribution in [2.45, 2.75) is 102 Å². The van der Waals surface area contributed by atoms with Crippen molar-refractivity contribution in [3.8, 4) is 5.75 Å². The van der Waals surface area contributed by atoms with Gasteiger partial charge in [-0.05, 0) is 87.7 Å². The minimum absolute atomic E-state index is 0.0175. The Morgan fingerprint density at radius 1 is 0.971 bits per heavy atom. The van der Waals surface area contributed by atoms with Crippen molar-refractivity contribution >= 4 is 5.97 Å². The molecule has 1 heterocycles. The lowest BCUT2D eigenvalue weighted by molar-refractivity contribution is -0.158. The van der Waals surface area contributed by atoms with Crippen molar-refractivity contribution in [2.75, 3.05) is 13.7 Å². The highest BCUT2D eigenvalue weighted by atomic mass is 19.2. The van der Waals surface area contributed by atoms with Crippen LogP contribution in [0.25, 0.3) is 0 Å². The highest BCUT2D eigenvalue weighted by molar-refractivity contribution is 5.72. The Labute approximate surface area is 202 Å². The SMILES string of the molecule is CCCC1CCC(C(=O)OC2CCC(C3CCC(c4ccc(OC)c(F)c4F)CO3)CC2)CC1. The summed E-state index contributed by atoms with van der Waals surface area (Å²) >= 11 is 0. The van der Waals surface area contributed by atoms with E-state index in [1.807, 2.05) is 0 Å². The maximum absolute atomic E-state index is 14.5. The van der Waals surface area contributed by atoms with Gasteiger partial charge in [0.1, 0.15) is 6.10 Å². The number of hydrogen-bond acceptors (Lipinski definition) is 4. The normalized spacial score (nSPS) is 32.2. The maximum Gasteiger partial charge on any atom is 0.309 e. The van der Waals surface area contributed by atoms with Gasteiger partial charge in [0.2, 0.25) is 5.82 Å². The first kappa shape index (κ1) is 25.4. The Morgan fingerprint density at radius 2 is 1.71 bits per heavy atom. The standard InChI is InChI=1S/C28H40F2O4/c1-3-4-18-5-7-20(8-6-18)28(31)34-22-12-9-19(10-13-22)24-15-11-21(17-33-24)23-14-16-25(32-2)27(30)26(23)29/h14,16,18-22,24H,3-13,15,17H2,1-2H3. The molecule has 0 amide bonds. The molecule has 0 spiro atoms. The van der Waals surface area contributed by atoms with Gasteiger partial charge in [0, 0.05) is 5.92 Å². The summed E-state index contributed by atoms with van der Waals surface area (Å²) in [7, 11) is 1.33. The van der Waals surface area contributed by atoms with Crippen molar-refractivity contribution in [3.63, 3.8) is 0 Å². The molecule has 1 saturated heterocycles. The quantitative estimate of drug-likeness (QED) is 0.398. The Balaban J connectivity index is 1.19. The van der Waals surface area contributed by atoms with Crippen molar-refractivity contribution in [2.24, 2.45) is 17.8 Å². The van der Waals surface area contributed by atoms with E-state index in [1.54, 1.807) is 6.07 Å². The molecule has 190 valence electrons. The van der Waals surface area contributed by atoms with Crippen LogP contribution < -0.4 is 4.74 Å².